The van der Waals surface area contributed by atoms with Gasteiger partial charge in [-0.1, -0.05) is 83.3 Å². The quantitative estimate of drug-likeness (QED) is 0.178. The van der Waals surface area contributed by atoms with Gasteiger partial charge in [0.25, 0.3) is 10.0 Å². The minimum atomic E-state index is -4.28. The van der Waals surface area contributed by atoms with Gasteiger partial charge in [0.05, 0.1) is 10.6 Å². The maximum absolute atomic E-state index is 14.5. The number of halogens is 3. The van der Waals surface area contributed by atoms with Gasteiger partial charge < -0.3 is 10.2 Å². The number of carbonyl (C=O) groups is 2. The Labute approximate surface area is 279 Å². The first-order valence-corrected chi connectivity index (χ1v) is 16.7. The number of hydrogen-bond acceptors (Lipinski definition) is 4. The third-order valence-electron chi connectivity index (χ3n) is 6.81. The normalized spacial score (nSPS) is 12.3. The van der Waals surface area contributed by atoms with Gasteiger partial charge in [0.15, 0.2) is 0 Å². The number of rotatable bonds is 11. The van der Waals surface area contributed by atoms with E-state index in [0.717, 1.165) is 9.87 Å². The molecule has 236 valence electrons. The number of benzene rings is 4. The van der Waals surface area contributed by atoms with Crippen molar-refractivity contribution in [3.8, 4) is 0 Å². The number of hydrogen-bond donors (Lipinski definition) is 1. The van der Waals surface area contributed by atoms with Gasteiger partial charge in [-0.2, -0.15) is 0 Å². The summed E-state index contributed by atoms with van der Waals surface area (Å²) in [5.41, 5.74) is 1.15. The number of amides is 2. The Balaban J connectivity index is 1.81. The molecule has 0 saturated heterocycles. The van der Waals surface area contributed by atoms with Crippen LogP contribution in [0.25, 0.3) is 0 Å². The standard InChI is InChI=1S/C34H34Cl3N3O4S/c1-34(2,3)38-33(42)31(20-24-8-5-4-6-9-24)39(22-25-12-14-26(35)15-13-25)32(41)23-40(29-11-7-10-28(37)21-29)45(43,44)30-18-16-27(36)17-19-30/h4-19,21,31H,20,22-23H2,1-3H3,(H,38,42)/t31-/m0/s1. The largest absolute Gasteiger partial charge is 0.350 e. The van der Waals surface area contributed by atoms with Gasteiger partial charge in [0.2, 0.25) is 11.8 Å². The first-order chi connectivity index (χ1) is 21.2. The molecule has 7 nitrogen and oxygen atoms in total. The van der Waals surface area contributed by atoms with E-state index in [9.17, 15) is 18.0 Å². The van der Waals surface area contributed by atoms with Crippen LogP contribution in [0.15, 0.2) is 108 Å². The highest BCUT2D eigenvalue weighted by Gasteiger charge is 2.35. The number of anilines is 1. The average molecular weight is 687 g/mol. The van der Waals surface area contributed by atoms with Crippen LogP contribution in [-0.2, 0) is 32.6 Å². The average Bonchev–Trinajstić information content (AvgIpc) is 2.98. The Morgan fingerprint density at radius 3 is 1.93 bits per heavy atom. The van der Waals surface area contributed by atoms with Crippen molar-refractivity contribution >= 4 is 62.3 Å². The van der Waals surface area contributed by atoms with Crippen LogP contribution in [0.3, 0.4) is 0 Å². The second kappa shape index (κ2) is 14.7. The fraction of sp³-hybridized carbons (Fsp3) is 0.235. The summed E-state index contributed by atoms with van der Waals surface area (Å²) >= 11 is 18.4. The van der Waals surface area contributed by atoms with Crippen molar-refractivity contribution in [3.05, 3.63) is 129 Å². The molecule has 0 aliphatic rings. The Morgan fingerprint density at radius 1 is 0.756 bits per heavy atom. The van der Waals surface area contributed by atoms with Crippen LogP contribution in [0.1, 0.15) is 31.9 Å². The van der Waals surface area contributed by atoms with Crippen molar-refractivity contribution in [2.75, 3.05) is 10.8 Å². The zero-order valence-electron chi connectivity index (χ0n) is 25.1. The van der Waals surface area contributed by atoms with Gasteiger partial charge >= 0.3 is 0 Å². The molecular weight excluding hydrogens is 653 g/mol. The predicted molar refractivity (Wildman–Crippen MR) is 181 cm³/mol. The molecule has 0 aromatic heterocycles. The molecule has 0 spiro atoms. The second-order valence-corrected chi connectivity index (χ2v) is 14.7. The van der Waals surface area contributed by atoms with E-state index < -0.39 is 34.1 Å². The fourth-order valence-corrected chi connectivity index (χ4v) is 6.53. The molecule has 45 heavy (non-hydrogen) atoms. The minimum Gasteiger partial charge on any atom is -0.350 e. The molecule has 0 radical (unpaired) electrons. The number of carbonyl (C=O) groups excluding carboxylic acids is 2. The van der Waals surface area contributed by atoms with E-state index in [1.807, 2.05) is 51.1 Å². The Kier molecular flexibility index (Phi) is 11.2. The Bertz CT molecular complexity index is 1730. The molecule has 4 aromatic carbocycles. The van der Waals surface area contributed by atoms with Crippen molar-refractivity contribution in [1.82, 2.24) is 10.2 Å². The maximum Gasteiger partial charge on any atom is 0.264 e. The van der Waals surface area contributed by atoms with Gasteiger partial charge in [-0.25, -0.2) is 8.42 Å². The molecule has 4 rings (SSSR count). The lowest BCUT2D eigenvalue weighted by atomic mass is 10.0. The predicted octanol–water partition coefficient (Wildman–Crippen LogP) is 7.40. The van der Waals surface area contributed by atoms with Crippen molar-refractivity contribution in [3.63, 3.8) is 0 Å². The number of nitrogens with zero attached hydrogens (tertiary/aromatic N) is 2. The maximum atomic E-state index is 14.5. The first-order valence-electron chi connectivity index (χ1n) is 14.2. The minimum absolute atomic E-state index is 0.0233. The van der Waals surface area contributed by atoms with E-state index in [-0.39, 0.29) is 29.5 Å². The van der Waals surface area contributed by atoms with Crippen LogP contribution in [0.5, 0.6) is 0 Å². The first kappa shape index (κ1) is 34.3. The highest BCUT2D eigenvalue weighted by atomic mass is 35.5. The molecule has 0 aliphatic carbocycles. The smallest absolute Gasteiger partial charge is 0.264 e. The summed E-state index contributed by atoms with van der Waals surface area (Å²) in [7, 11) is -4.28. The molecule has 0 heterocycles. The van der Waals surface area contributed by atoms with Gasteiger partial charge in [0.1, 0.15) is 12.6 Å². The third kappa shape index (κ3) is 9.47. The summed E-state index contributed by atoms with van der Waals surface area (Å²) in [6, 6.07) is 27.2. The molecule has 1 N–H and O–H groups in total. The molecule has 4 aromatic rings. The van der Waals surface area contributed by atoms with Gasteiger partial charge in [-0.15, -0.1) is 0 Å². The van der Waals surface area contributed by atoms with Gasteiger partial charge in [-0.3, -0.25) is 13.9 Å². The molecule has 0 unspecified atom stereocenters. The van der Waals surface area contributed by atoms with Crippen molar-refractivity contribution in [1.29, 1.82) is 0 Å². The van der Waals surface area contributed by atoms with Crippen LogP contribution < -0.4 is 9.62 Å². The summed E-state index contributed by atoms with van der Waals surface area (Å²) < 4.78 is 29.1. The fourth-order valence-electron chi connectivity index (χ4n) is 4.69. The molecule has 0 bridgehead atoms. The molecular formula is C34H34Cl3N3O4S. The molecule has 11 heteroatoms. The van der Waals surface area contributed by atoms with Crippen LogP contribution in [-0.4, -0.2) is 43.3 Å². The van der Waals surface area contributed by atoms with Crippen LogP contribution in [0.2, 0.25) is 15.1 Å². The molecule has 1 atom stereocenters. The second-order valence-electron chi connectivity index (χ2n) is 11.5. The molecule has 0 fully saturated rings. The Hall–Kier alpha value is -3.56. The summed E-state index contributed by atoms with van der Waals surface area (Å²) in [6.45, 7) is 4.99. The van der Waals surface area contributed by atoms with E-state index in [4.69, 9.17) is 34.8 Å². The lowest BCUT2D eigenvalue weighted by molar-refractivity contribution is -0.140. The van der Waals surface area contributed by atoms with Gasteiger partial charge in [0, 0.05) is 33.6 Å². The number of nitrogens with one attached hydrogen (secondary N) is 1. The van der Waals surface area contributed by atoms with Crippen molar-refractivity contribution < 1.29 is 18.0 Å². The lowest BCUT2D eigenvalue weighted by Crippen LogP contribution is -2.56. The zero-order valence-corrected chi connectivity index (χ0v) is 28.2. The number of sulfonamides is 1. The molecule has 0 saturated carbocycles. The Morgan fingerprint density at radius 2 is 1.36 bits per heavy atom. The highest BCUT2D eigenvalue weighted by Crippen LogP contribution is 2.28. The summed E-state index contributed by atoms with van der Waals surface area (Å²) in [6.07, 6.45) is 0.198. The monoisotopic (exact) mass is 685 g/mol. The summed E-state index contributed by atoms with van der Waals surface area (Å²) in [5.74, 6) is -0.962. The zero-order chi connectivity index (χ0) is 32.8. The van der Waals surface area contributed by atoms with Gasteiger partial charge in [-0.05, 0) is 86.5 Å². The third-order valence-corrected chi connectivity index (χ3v) is 9.34. The van der Waals surface area contributed by atoms with Crippen molar-refractivity contribution in [2.45, 2.75) is 50.2 Å². The lowest BCUT2D eigenvalue weighted by Gasteiger charge is -2.35. The molecule has 0 aliphatic heterocycles. The van der Waals surface area contributed by atoms with E-state index in [1.54, 1.807) is 42.5 Å². The van der Waals surface area contributed by atoms with Crippen LogP contribution >= 0.6 is 34.8 Å². The van der Waals surface area contributed by atoms with E-state index in [0.29, 0.717) is 20.6 Å². The molecule has 2 amide bonds. The van der Waals surface area contributed by atoms with E-state index >= 15 is 0 Å². The SMILES string of the molecule is CC(C)(C)NC(=O)[C@H](Cc1ccccc1)N(Cc1ccc(Cl)cc1)C(=O)CN(c1cccc(Cl)c1)S(=O)(=O)c1ccc(Cl)cc1. The van der Waals surface area contributed by atoms with Crippen LogP contribution in [0, 0.1) is 0 Å². The topological polar surface area (TPSA) is 86.8 Å². The van der Waals surface area contributed by atoms with Crippen LogP contribution in [0.4, 0.5) is 5.69 Å². The van der Waals surface area contributed by atoms with E-state index in [2.05, 4.69) is 5.32 Å². The van der Waals surface area contributed by atoms with Crippen molar-refractivity contribution in [2.24, 2.45) is 0 Å². The summed E-state index contributed by atoms with van der Waals surface area (Å²) in [5, 5.41) is 4.18. The summed E-state index contributed by atoms with van der Waals surface area (Å²) in [4.78, 5) is 29.8. The van der Waals surface area contributed by atoms with E-state index in [1.165, 1.54) is 35.2 Å². The highest BCUT2D eigenvalue weighted by molar-refractivity contribution is 7.92.